The number of carbonyl (C=O) groups is 2. The molecule has 1 fully saturated rings. The molecule has 2 amide bonds. The predicted octanol–water partition coefficient (Wildman–Crippen LogP) is 1.69. The number of carboxylic acid groups (broad SMARTS) is 1. The number of nitrogens with zero attached hydrogens (tertiary/aromatic N) is 1. The molecule has 1 saturated heterocycles. The number of alkyl halides is 3. The van der Waals surface area contributed by atoms with E-state index in [2.05, 4.69) is 5.32 Å². The molecule has 0 saturated carbocycles. The molecule has 1 aliphatic heterocycles. The lowest BCUT2D eigenvalue weighted by Crippen LogP contribution is -2.44. The van der Waals surface area contributed by atoms with Crippen molar-refractivity contribution < 1.29 is 27.9 Å². The number of carboxylic acids is 1. The summed E-state index contributed by atoms with van der Waals surface area (Å²) in [4.78, 5) is 23.8. The van der Waals surface area contributed by atoms with Gasteiger partial charge in [0.2, 0.25) is 0 Å². The van der Waals surface area contributed by atoms with Gasteiger partial charge in [-0.05, 0) is 12.8 Å². The molecule has 0 bridgehead atoms. The summed E-state index contributed by atoms with van der Waals surface area (Å²) in [6.45, 7) is 3.23. The van der Waals surface area contributed by atoms with Crippen LogP contribution in [0.15, 0.2) is 0 Å². The zero-order valence-corrected chi connectivity index (χ0v) is 10.7. The Balaban J connectivity index is 2.49. The van der Waals surface area contributed by atoms with Gasteiger partial charge < -0.3 is 15.3 Å². The molecule has 1 heterocycles. The van der Waals surface area contributed by atoms with Gasteiger partial charge in [-0.2, -0.15) is 13.2 Å². The van der Waals surface area contributed by atoms with Gasteiger partial charge in [0.05, 0.1) is 12.3 Å². The number of nitrogens with one attached hydrogen (secondary N) is 1. The van der Waals surface area contributed by atoms with Crippen LogP contribution in [0.4, 0.5) is 18.0 Å². The molecule has 0 spiro atoms. The molecule has 1 rings (SSSR count). The monoisotopic (exact) mass is 282 g/mol. The Morgan fingerprint density at radius 1 is 1.42 bits per heavy atom. The molecule has 0 radical (unpaired) electrons. The summed E-state index contributed by atoms with van der Waals surface area (Å²) in [5, 5.41) is 11.1. The number of carbonyl (C=O) groups excluding carboxylic acids is 1. The van der Waals surface area contributed by atoms with E-state index in [1.165, 1.54) is 11.8 Å². The maximum absolute atomic E-state index is 12.1. The number of likely N-dealkylation sites (tertiary alicyclic amines) is 1. The second kappa shape index (κ2) is 5.66. The SMILES string of the molecule is CC(CC(F)(F)F)NC(=O)N1CC(C)C(C(=O)O)C1. The summed E-state index contributed by atoms with van der Waals surface area (Å²) in [5.41, 5.74) is 0. The maximum atomic E-state index is 12.1. The second-order valence-electron chi connectivity index (χ2n) is 5.00. The first-order valence-electron chi connectivity index (χ1n) is 5.95. The molecule has 110 valence electrons. The Labute approximate surface area is 108 Å². The lowest BCUT2D eigenvalue weighted by molar-refractivity contribution is -0.142. The van der Waals surface area contributed by atoms with Crippen LogP contribution in [-0.4, -0.2) is 47.3 Å². The minimum Gasteiger partial charge on any atom is -0.481 e. The van der Waals surface area contributed by atoms with E-state index in [0.29, 0.717) is 0 Å². The van der Waals surface area contributed by atoms with Crippen molar-refractivity contribution in [3.63, 3.8) is 0 Å². The highest BCUT2D eigenvalue weighted by Crippen LogP contribution is 2.24. The molecule has 19 heavy (non-hydrogen) atoms. The second-order valence-corrected chi connectivity index (χ2v) is 5.00. The third-order valence-electron chi connectivity index (χ3n) is 3.12. The van der Waals surface area contributed by atoms with E-state index < -0.39 is 36.6 Å². The van der Waals surface area contributed by atoms with E-state index >= 15 is 0 Å². The van der Waals surface area contributed by atoms with Crippen LogP contribution >= 0.6 is 0 Å². The molecular formula is C11H17F3N2O3. The highest BCUT2D eigenvalue weighted by Gasteiger charge is 2.38. The van der Waals surface area contributed by atoms with Crippen molar-refractivity contribution in [2.45, 2.75) is 32.5 Å². The van der Waals surface area contributed by atoms with Crippen LogP contribution in [0, 0.1) is 11.8 Å². The Morgan fingerprint density at radius 2 is 2.00 bits per heavy atom. The zero-order valence-electron chi connectivity index (χ0n) is 10.7. The molecule has 0 aromatic rings. The topological polar surface area (TPSA) is 69.6 Å². The summed E-state index contributed by atoms with van der Waals surface area (Å²) >= 11 is 0. The van der Waals surface area contributed by atoms with Crippen LogP contribution < -0.4 is 5.32 Å². The molecule has 0 aromatic heterocycles. The van der Waals surface area contributed by atoms with Gasteiger partial charge >= 0.3 is 18.2 Å². The highest BCUT2D eigenvalue weighted by molar-refractivity contribution is 5.77. The van der Waals surface area contributed by atoms with Gasteiger partial charge in [0.15, 0.2) is 0 Å². The van der Waals surface area contributed by atoms with Crippen molar-refractivity contribution in [3.05, 3.63) is 0 Å². The van der Waals surface area contributed by atoms with Gasteiger partial charge in [-0.3, -0.25) is 4.79 Å². The summed E-state index contributed by atoms with van der Waals surface area (Å²) in [5.74, 6) is -1.86. The van der Waals surface area contributed by atoms with E-state index in [9.17, 15) is 22.8 Å². The average Bonchev–Trinajstić information content (AvgIpc) is 2.57. The first-order valence-corrected chi connectivity index (χ1v) is 5.95. The lowest BCUT2D eigenvalue weighted by Gasteiger charge is -2.21. The minimum atomic E-state index is -4.34. The van der Waals surface area contributed by atoms with Crippen LogP contribution in [-0.2, 0) is 4.79 Å². The molecule has 3 atom stereocenters. The lowest BCUT2D eigenvalue weighted by atomic mass is 9.99. The molecular weight excluding hydrogens is 265 g/mol. The summed E-state index contributed by atoms with van der Waals surface area (Å²) < 4.78 is 36.4. The van der Waals surface area contributed by atoms with Gasteiger partial charge in [0.1, 0.15) is 0 Å². The van der Waals surface area contributed by atoms with Crippen molar-refractivity contribution in [1.82, 2.24) is 10.2 Å². The number of amides is 2. The van der Waals surface area contributed by atoms with Crippen molar-refractivity contribution in [2.75, 3.05) is 13.1 Å². The maximum Gasteiger partial charge on any atom is 0.391 e. The van der Waals surface area contributed by atoms with Gasteiger partial charge in [0, 0.05) is 19.1 Å². The van der Waals surface area contributed by atoms with E-state index in [0.717, 1.165) is 0 Å². The number of hydrogen-bond donors (Lipinski definition) is 2. The molecule has 3 unspecified atom stereocenters. The third-order valence-corrected chi connectivity index (χ3v) is 3.12. The Bertz CT molecular complexity index is 360. The number of hydrogen-bond acceptors (Lipinski definition) is 2. The largest absolute Gasteiger partial charge is 0.481 e. The van der Waals surface area contributed by atoms with E-state index in [1.54, 1.807) is 6.92 Å². The Hall–Kier alpha value is -1.47. The number of halogens is 3. The molecule has 0 aromatic carbocycles. The first kappa shape index (κ1) is 15.6. The van der Waals surface area contributed by atoms with Crippen LogP contribution in [0.2, 0.25) is 0 Å². The van der Waals surface area contributed by atoms with Crippen molar-refractivity contribution in [1.29, 1.82) is 0 Å². The summed E-state index contributed by atoms with van der Waals surface area (Å²) in [6.07, 6.45) is -5.45. The minimum absolute atomic E-state index is 0.0288. The number of rotatable bonds is 3. The van der Waals surface area contributed by atoms with Crippen molar-refractivity contribution in [2.24, 2.45) is 11.8 Å². The average molecular weight is 282 g/mol. The van der Waals surface area contributed by atoms with E-state index in [4.69, 9.17) is 5.11 Å². The van der Waals surface area contributed by atoms with Crippen LogP contribution in [0.25, 0.3) is 0 Å². The number of aliphatic carboxylic acids is 1. The quantitative estimate of drug-likeness (QED) is 0.827. The molecule has 0 aliphatic carbocycles. The summed E-state index contributed by atoms with van der Waals surface area (Å²) in [7, 11) is 0. The van der Waals surface area contributed by atoms with Gasteiger partial charge in [-0.1, -0.05) is 6.92 Å². The van der Waals surface area contributed by atoms with Crippen LogP contribution in [0.1, 0.15) is 20.3 Å². The highest BCUT2D eigenvalue weighted by atomic mass is 19.4. The fourth-order valence-corrected chi connectivity index (χ4v) is 2.15. The molecule has 8 heteroatoms. The Kier molecular flexibility index (Phi) is 4.65. The fourth-order valence-electron chi connectivity index (χ4n) is 2.15. The normalized spacial score (nSPS) is 25.2. The Morgan fingerprint density at radius 3 is 2.42 bits per heavy atom. The zero-order chi connectivity index (χ0) is 14.8. The first-order chi connectivity index (χ1) is 8.60. The smallest absolute Gasteiger partial charge is 0.391 e. The molecule has 5 nitrogen and oxygen atoms in total. The number of urea groups is 1. The van der Waals surface area contributed by atoms with Crippen molar-refractivity contribution >= 4 is 12.0 Å². The standard InChI is InChI=1S/C11H17F3N2O3/c1-6-4-16(5-8(6)9(17)18)10(19)15-7(2)3-11(12,13)14/h6-8H,3-5H2,1-2H3,(H,15,19)(H,17,18). The third kappa shape index (κ3) is 4.60. The van der Waals surface area contributed by atoms with Crippen molar-refractivity contribution in [3.8, 4) is 0 Å². The van der Waals surface area contributed by atoms with E-state index in [-0.39, 0.29) is 19.0 Å². The van der Waals surface area contributed by atoms with Gasteiger partial charge in [-0.25, -0.2) is 4.79 Å². The summed E-state index contributed by atoms with van der Waals surface area (Å²) in [6, 6.07) is -1.68. The predicted molar refractivity (Wildman–Crippen MR) is 60.5 cm³/mol. The van der Waals surface area contributed by atoms with Gasteiger partial charge in [-0.15, -0.1) is 0 Å². The van der Waals surface area contributed by atoms with Crippen LogP contribution in [0.5, 0.6) is 0 Å². The fraction of sp³-hybridized carbons (Fsp3) is 0.818. The van der Waals surface area contributed by atoms with Gasteiger partial charge in [0.25, 0.3) is 0 Å². The van der Waals surface area contributed by atoms with E-state index in [1.807, 2.05) is 0 Å². The molecule has 1 aliphatic rings. The van der Waals surface area contributed by atoms with Crippen LogP contribution in [0.3, 0.4) is 0 Å². The molecule has 2 N–H and O–H groups in total.